The van der Waals surface area contributed by atoms with E-state index in [9.17, 15) is 8.42 Å². The Morgan fingerprint density at radius 3 is 2.73 bits per heavy atom. The second-order valence-corrected chi connectivity index (χ2v) is 4.83. The van der Waals surface area contributed by atoms with E-state index in [0.29, 0.717) is 5.56 Å². The highest BCUT2D eigenvalue weighted by Crippen LogP contribution is 2.30. The molecule has 0 heterocycles. The Bertz CT molecular complexity index is 532. The third kappa shape index (κ3) is 1.75. The highest BCUT2D eigenvalue weighted by atomic mass is 32.2. The van der Waals surface area contributed by atoms with Crippen LogP contribution in [0, 0.1) is 0 Å². The Morgan fingerprint density at radius 1 is 1.33 bits per heavy atom. The lowest BCUT2D eigenvalue weighted by molar-refractivity contribution is 0.483. The predicted octanol–water partition coefficient (Wildman–Crippen LogP) is 1.47. The number of fused-ring (bicyclic) bond motifs is 1. The van der Waals surface area contributed by atoms with Crippen molar-refractivity contribution in [1.82, 2.24) is 0 Å². The number of hydrogen-bond acceptors (Lipinski definition) is 3. The van der Waals surface area contributed by atoms with Crippen molar-refractivity contribution >= 4 is 21.9 Å². The van der Waals surface area contributed by atoms with Gasteiger partial charge < -0.3 is 5.73 Å². The van der Waals surface area contributed by atoms with E-state index in [1.54, 1.807) is 12.1 Å². The first-order valence-electron chi connectivity index (χ1n) is 4.55. The maximum absolute atomic E-state index is 11.2. The molecule has 0 aliphatic heterocycles. The minimum absolute atomic E-state index is 0.0859. The highest BCUT2D eigenvalue weighted by molar-refractivity contribution is 7.86. The van der Waals surface area contributed by atoms with Crippen LogP contribution < -0.4 is 5.73 Å². The quantitative estimate of drug-likeness (QED) is 0.560. The second-order valence-electron chi connectivity index (χ2n) is 3.47. The Labute approximate surface area is 88.2 Å². The van der Waals surface area contributed by atoms with Gasteiger partial charge in [-0.1, -0.05) is 18.2 Å². The fourth-order valence-electron chi connectivity index (χ4n) is 1.79. The lowest BCUT2D eigenvalue weighted by Gasteiger charge is -2.14. The number of hydrogen-bond donors (Lipinski definition) is 2. The Balaban J connectivity index is 2.79. The van der Waals surface area contributed by atoms with Crippen molar-refractivity contribution in [3.8, 4) is 0 Å². The fraction of sp³-hybridized carbons (Fsp3) is 0.200. The zero-order valence-electron chi connectivity index (χ0n) is 7.97. The van der Waals surface area contributed by atoms with Crippen LogP contribution in [0.3, 0.4) is 0 Å². The molecular formula is C10H11NO3S. The van der Waals surface area contributed by atoms with Gasteiger partial charge in [0.05, 0.1) is 5.69 Å². The van der Waals surface area contributed by atoms with Gasteiger partial charge in [0.1, 0.15) is 4.90 Å². The molecule has 15 heavy (non-hydrogen) atoms. The molecular weight excluding hydrogens is 214 g/mol. The van der Waals surface area contributed by atoms with E-state index >= 15 is 0 Å². The van der Waals surface area contributed by atoms with Crippen LogP contribution in [0.15, 0.2) is 23.1 Å². The summed E-state index contributed by atoms with van der Waals surface area (Å²) in [6, 6.07) is 3.31. The maximum atomic E-state index is 11.2. The summed E-state index contributed by atoms with van der Waals surface area (Å²) < 4.78 is 31.4. The molecule has 5 heteroatoms. The van der Waals surface area contributed by atoms with Gasteiger partial charge in [-0.2, -0.15) is 8.42 Å². The van der Waals surface area contributed by atoms with Crippen molar-refractivity contribution in [2.75, 3.05) is 5.73 Å². The van der Waals surface area contributed by atoms with Crippen molar-refractivity contribution in [1.29, 1.82) is 0 Å². The number of benzene rings is 1. The topological polar surface area (TPSA) is 80.4 Å². The van der Waals surface area contributed by atoms with Crippen molar-refractivity contribution in [2.45, 2.75) is 17.7 Å². The van der Waals surface area contributed by atoms with Gasteiger partial charge in [-0.3, -0.25) is 4.55 Å². The molecule has 1 aliphatic rings. The summed E-state index contributed by atoms with van der Waals surface area (Å²) in [4.78, 5) is -0.170. The minimum Gasteiger partial charge on any atom is -0.398 e. The van der Waals surface area contributed by atoms with Crippen LogP contribution in [0.2, 0.25) is 0 Å². The van der Waals surface area contributed by atoms with E-state index in [4.69, 9.17) is 10.3 Å². The van der Waals surface area contributed by atoms with Gasteiger partial charge in [-0.15, -0.1) is 0 Å². The molecule has 0 radical (unpaired) electrons. The van der Waals surface area contributed by atoms with Gasteiger partial charge in [0, 0.05) is 5.56 Å². The number of allylic oxidation sites excluding steroid dienone is 1. The van der Waals surface area contributed by atoms with Gasteiger partial charge >= 0.3 is 0 Å². The SMILES string of the molecule is Nc1ccc2c(c1S(=O)(=O)O)C=CCC2. The predicted molar refractivity (Wildman–Crippen MR) is 58.0 cm³/mol. The zero-order valence-corrected chi connectivity index (χ0v) is 8.79. The number of nitrogens with two attached hydrogens (primary N) is 1. The van der Waals surface area contributed by atoms with Crippen molar-refractivity contribution in [3.63, 3.8) is 0 Å². The van der Waals surface area contributed by atoms with Crippen LogP contribution in [0.5, 0.6) is 0 Å². The average Bonchev–Trinajstić information content (AvgIpc) is 2.15. The summed E-state index contributed by atoms with van der Waals surface area (Å²) in [6.45, 7) is 0. The van der Waals surface area contributed by atoms with E-state index in [0.717, 1.165) is 18.4 Å². The first-order valence-corrected chi connectivity index (χ1v) is 5.99. The van der Waals surface area contributed by atoms with Crippen molar-refractivity contribution in [3.05, 3.63) is 29.3 Å². The fourth-order valence-corrected chi connectivity index (χ4v) is 2.63. The summed E-state index contributed by atoms with van der Waals surface area (Å²) in [7, 11) is -4.25. The van der Waals surface area contributed by atoms with Gasteiger partial charge in [0.15, 0.2) is 0 Å². The van der Waals surface area contributed by atoms with Crippen LogP contribution in [-0.2, 0) is 16.5 Å². The van der Waals surface area contributed by atoms with Gasteiger partial charge in [0.25, 0.3) is 10.1 Å². The Kier molecular flexibility index (Phi) is 2.28. The lowest BCUT2D eigenvalue weighted by Crippen LogP contribution is -2.09. The molecule has 0 saturated carbocycles. The first kappa shape index (κ1) is 10.2. The standard InChI is InChI=1S/C10H11NO3S/c11-9-6-5-7-3-1-2-4-8(7)10(9)15(12,13)14/h2,4-6H,1,3,11H2,(H,12,13,14). The van der Waals surface area contributed by atoms with Crippen LogP contribution in [0.25, 0.3) is 6.08 Å². The molecule has 2 rings (SSSR count). The Hall–Kier alpha value is -1.33. The molecule has 0 saturated heterocycles. The molecule has 0 amide bonds. The molecule has 0 fully saturated rings. The van der Waals surface area contributed by atoms with E-state index < -0.39 is 10.1 Å². The summed E-state index contributed by atoms with van der Waals surface area (Å²) in [5, 5.41) is 0. The second kappa shape index (κ2) is 3.36. The number of anilines is 1. The van der Waals surface area contributed by atoms with Gasteiger partial charge in [0.2, 0.25) is 0 Å². The zero-order chi connectivity index (χ0) is 11.1. The molecule has 1 aromatic carbocycles. The summed E-state index contributed by atoms with van der Waals surface area (Å²) >= 11 is 0. The molecule has 1 aliphatic carbocycles. The highest BCUT2D eigenvalue weighted by Gasteiger charge is 2.21. The van der Waals surface area contributed by atoms with Crippen molar-refractivity contribution < 1.29 is 13.0 Å². The maximum Gasteiger partial charge on any atom is 0.297 e. The molecule has 0 bridgehead atoms. The van der Waals surface area contributed by atoms with Crippen molar-refractivity contribution in [2.24, 2.45) is 0 Å². The number of nitrogen functional groups attached to an aromatic ring is 1. The summed E-state index contributed by atoms with van der Waals surface area (Å²) in [5.74, 6) is 0. The van der Waals surface area contributed by atoms with Crippen LogP contribution >= 0.6 is 0 Å². The van der Waals surface area contributed by atoms with Gasteiger partial charge in [-0.25, -0.2) is 0 Å². The monoisotopic (exact) mass is 225 g/mol. The molecule has 80 valence electrons. The largest absolute Gasteiger partial charge is 0.398 e. The lowest BCUT2D eigenvalue weighted by atomic mass is 9.97. The van der Waals surface area contributed by atoms with Crippen LogP contribution in [-0.4, -0.2) is 13.0 Å². The molecule has 0 atom stereocenters. The molecule has 3 N–H and O–H groups in total. The number of rotatable bonds is 1. The van der Waals surface area contributed by atoms with Crippen LogP contribution in [0.1, 0.15) is 17.5 Å². The van der Waals surface area contributed by atoms with E-state index in [1.165, 1.54) is 6.07 Å². The van der Waals surface area contributed by atoms with E-state index in [2.05, 4.69) is 0 Å². The third-order valence-corrected chi connectivity index (χ3v) is 3.41. The summed E-state index contributed by atoms with van der Waals surface area (Å²) in [6.07, 6.45) is 5.21. The smallest absolute Gasteiger partial charge is 0.297 e. The average molecular weight is 225 g/mol. The number of aryl methyl sites for hydroxylation is 1. The molecule has 0 spiro atoms. The molecule has 0 unspecified atom stereocenters. The molecule has 4 nitrogen and oxygen atoms in total. The first-order chi connectivity index (χ1) is 7.00. The molecule has 1 aromatic rings. The molecule has 0 aromatic heterocycles. The summed E-state index contributed by atoms with van der Waals surface area (Å²) in [5.41, 5.74) is 7.06. The Morgan fingerprint density at radius 2 is 2.07 bits per heavy atom. The van der Waals surface area contributed by atoms with Gasteiger partial charge in [-0.05, 0) is 24.5 Å². The van der Waals surface area contributed by atoms with E-state index in [1.807, 2.05) is 6.08 Å². The van der Waals surface area contributed by atoms with E-state index in [-0.39, 0.29) is 10.6 Å². The van der Waals surface area contributed by atoms with Crippen LogP contribution in [0.4, 0.5) is 5.69 Å². The minimum atomic E-state index is -4.25. The third-order valence-electron chi connectivity index (χ3n) is 2.44. The normalized spacial score (nSPS) is 15.0.